The highest BCUT2D eigenvalue weighted by molar-refractivity contribution is 7.46. The molecule has 0 saturated heterocycles. The molecule has 0 aliphatic carbocycles. The molecule has 0 aromatic carbocycles. The number of hydrogen-bond acceptors (Lipinski definition) is 2. The van der Waals surface area contributed by atoms with Crippen LogP contribution in [0.4, 0.5) is 0 Å². The van der Waals surface area contributed by atoms with Gasteiger partial charge in [0, 0.05) is 0 Å². The average molecular weight is 181 g/mol. The summed E-state index contributed by atoms with van der Waals surface area (Å²) in [7, 11) is -4.23. The van der Waals surface area contributed by atoms with Gasteiger partial charge in [-0.05, 0) is 6.42 Å². The average Bonchev–Trinajstić information content (AvgIpc) is 1.85. The lowest BCUT2D eigenvalue weighted by Gasteiger charge is -2.03. The van der Waals surface area contributed by atoms with Gasteiger partial charge in [0.25, 0.3) is 0 Å². The topological polar surface area (TPSA) is 66.8 Å². The number of hydrogen-bond donors (Lipinski definition) is 2. The highest BCUT2D eigenvalue weighted by atomic mass is 31.2. The minimum absolute atomic E-state index is 0.129. The summed E-state index contributed by atoms with van der Waals surface area (Å²) in [6.07, 6.45) is 3.42. The Kier molecular flexibility index (Phi) is 5.78. The van der Waals surface area contributed by atoms with E-state index in [-0.39, 0.29) is 6.61 Å². The maximum atomic E-state index is 10.1. The van der Waals surface area contributed by atoms with E-state index in [1.807, 2.05) is 0 Å². The zero-order valence-electron chi connectivity index (χ0n) is 6.40. The Morgan fingerprint density at radius 2 is 1.91 bits per heavy atom. The molecule has 4 nitrogen and oxygen atoms in total. The van der Waals surface area contributed by atoms with Crippen LogP contribution in [0, 0.1) is 6.92 Å². The quantitative estimate of drug-likeness (QED) is 0.481. The van der Waals surface area contributed by atoms with E-state index in [9.17, 15) is 4.57 Å². The summed E-state index contributed by atoms with van der Waals surface area (Å²) >= 11 is 0. The number of rotatable bonds is 6. The van der Waals surface area contributed by atoms with E-state index in [0.29, 0.717) is 6.42 Å². The molecule has 5 heteroatoms. The second-order valence-corrected chi connectivity index (χ2v) is 3.48. The maximum absolute atomic E-state index is 10.1. The van der Waals surface area contributed by atoms with Gasteiger partial charge in [-0.15, -0.1) is 0 Å². The zero-order chi connectivity index (χ0) is 8.74. The van der Waals surface area contributed by atoms with Crippen molar-refractivity contribution in [2.24, 2.45) is 0 Å². The fourth-order valence-corrected chi connectivity index (χ4v) is 1.01. The van der Waals surface area contributed by atoms with Gasteiger partial charge < -0.3 is 9.79 Å². The van der Waals surface area contributed by atoms with E-state index in [1.165, 1.54) is 0 Å². The summed E-state index contributed by atoms with van der Waals surface area (Å²) in [4.78, 5) is 16.5. The first-order valence-electron chi connectivity index (χ1n) is 3.55. The summed E-state index contributed by atoms with van der Waals surface area (Å²) in [6.45, 7) is 3.77. The Bertz CT molecular complexity index is 131. The van der Waals surface area contributed by atoms with Crippen LogP contribution < -0.4 is 0 Å². The summed E-state index contributed by atoms with van der Waals surface area (Å²) in [5.74, 6) is 0. The van der Waals surface area contributed by atoms with Crippen LogP contribution in [0.2, 0.25) is 0 Å². The Labute approximate surface area is 66.8 Å². The highest BCUT2D eigenvalue weighted by Gasteiger charge is 2.11. The van der Waals surface area contributed by atoms with Crippen molar-refractivity contribution in [1.82, 2.24) is 0 Å². The van der Waals surface area contributed by atoms with Crippen LogP contribution in [-0.2, 0) is 9.09 Å². The van der Waals surface area contributed by atoms with Crippen molar-refractivity contribution < 1.29 is 18.9 Å². The van der Waals surface area contributed by atoms with Gasteiger partial charge in [-0.3, -0.25) is 4.52 Å². The molecule has 0 spiro atoms. The van der Waals surface area contributed by atoms with Crippen LogP contribution >= 0.6 is 7.82 Å². The molecule has 0 fully saturated rings. The fraction of sp³-hybridized carbons (Fsp3) is 0.833. The van der Waals surface area contributed by atoms with Crippen LogP contribution in [0.25, 0.3) is 0 Å². The van der Waals surface area contributed by atoms with Crippen LogP contribution in [0.5, 0.6) is 0 Å². The van der Waals surface area contributed by atoms with Crippen molar-refractivity contribution in [3.8, 4) is 0 Å². The van der Waals surface area contributed by atoms with Crippen molar-refractivity contribution in [3.05, 3.63) is 6.92 Å². The summed E-state index contributed by atoms with van der Waals surface area (Å²) in [5.41, 5.74) is 0. The van der Waals surface area contributed by atoms with Gasteiger partial charge in [0.2, 0.25) is 0 Å². The van der Waals surface area contributed by atoms with Crippen molar-refractivity contribution >= 4 is 7.82 Å². The second kappa shape index (κ2) is 5.72. The number of unbranched alkanes of at least 4 members (excludes halogenated alkanes) is 3. The number of phosphoric acid groups is 1. The Balaban J connectivity index is 3.09. The predicted molar refractivity (Wildman–Crippen MR) is 41.8 cm³/mol. The third-order valence-corrected chi connectivity index (χ3v) is 1.67. The third kappa shape index (κ3) is 10.1. The molecule has 0 bridgehead atoms. The molecule has 0 saturated carbocycles. The van der Waals surface area contributed by atoms with E-state index in [0.717, 1.165) is 19.3 Å². The minimum atomic E-state index is -4.23. The lowest BCUT2D eigenvalue weighted by atomic mass is 10.2. The SMILES string of the molecule is [CH2]CCCCCOP(=O)(O)O. The molecule has 11 heavy (non-hydrogen) atoms. The van der Waals surface area contributed by atoms with Gasteiger partial charge in [0.1, 0.15) is 0 Å². The smallest absolute Gasteiger partial charge is 0.303 e. The molecule has 2 N–H and O–H groups in total. The summed E-state index contributed by atoms with van der Waals surface area (Å²) < 4.78 is 14.3. The van der Waals surface area contributed by atoms with Crippen molar-refractivity contribution in [3.63, 3.8) is 0 Å². The van der Waals surface area contributed by atoms with Crippen molar-refractivity contribution in [2.75, 3.05) is 6.61 Å². The first kappa shape index (κ1) is 11.1. The lowest BCUT2D eigenvalue weighted by molar-refractivity contribution is 0.193. The predicted octanol–water partition coefficient (Wildman–Crippen LogP) is 1.49. The van der Waals surface area contributed by atoms with Gasteiger partial charge in [0.05, 0.1) is 6.61 Å². The maximum Gasteiger partial charge on any atom is 0.469 e. The molecule has 0 rings (SSSR count). The molecule has 1 radical (unpaired) electrons. The molecule has 0 heterocycles. The minimum Gasteiger partial charge on any atom is -0.303 e. The Morgan fingerprint density at radius 3 is 2.36 bits per heavy atom. The monoisotopic (exact) mass is 181 g/mol. The van der Waals surface area contributed by atoms with Gasteiger partial charge in [0.15, 0.2) is 0 Å². The summed E-state index contributed by atoms with van der Waals surface area (Å²) in [6, 6.07) is 0. The fourth-order valence-electron chi connectivity index (χ4n) is 0.639. The molecule has 0 aromatic rings. The summed E-state index contributed by atoms with van der Waals surface area (Å²) in [5, 5.41) is 0. The lowest BCUT2D eigenvalue weighted by Crippen LogP contribution is -1.91. The molecule has 0 aliphatic rings. The van der Waals surface area contributed by atoms with E-state index in [2.05, 4.69) is 11.4 Å². The molecule has 0 aliphatic heterocycles. The standard InChI is InChI=1S/C6H14O4P/c1-2-3-4-5-6-10-11(7,8)9/h1-6H2,(H2,7,8,9). The van der Waals surface area contributed by atoms with Crippen molar-refractivity contribution in [1.29, 1.82) is 0 Å². The molecule has 0 amide bonds. The van der Waals surface area contributed by atoms with Gasteiger partial charge in [-0.1, -0.05) is 26.2 Å². The first-order chi connectivity index (χ1) is 5.06. The van der Waals surface area contributed by atoms with Crippen LogP contribution in [0.1, 0.15) is 25.7 Å². The first-order valence-corrected chi connectivity index (χ1v) is 5.08. The van der Waals surface area contributed by atoms with E-state index < -0.39 is 7.82 Å². The van der Waals surface area contributed by atoms with Gasteiger partial charge in [-0.25, -0.2) is 4.57 Å². The molecule has 67 valence electrons. The third-order valence-electron chi connectivity index (χ3n) is 1.15. The largest absolute Gasteiger partial charge is 0.469 e. The molecular formula is C6H14O4P. The van der Waals surface area contributed by atoms with Crippen molar-refractivity contribution in [2.45, 2.75) is 25.7 Å². The Hall–Kier alpha value is 0.110. The number of phosphoric ester groups is 1. The van der Waals surface area contributed by atoms with E-state index >= 15 is 0 Å². The van der Waals surface area contributed by atoms with Gasteiger partial charge >= 0.3 is 7.82 Å². The van der Waals surface area contributed by atoms with Crippen LogP contribution in [-0.4, -0.2) is 16.4 Å². The van der Waals surface area contributed by atoms with Crippen LogP contribution in [0.3, 0.4) is 0 Å². The van der Waals surface area contributed by atoms with Crippen LogP contribution in [0.15, 0.2) is 0 Å². The highest BCUT2D eigenvalue weighted by Crippen LogP contribution is 2.35. The molecule has 0 atom stereocenters. The second-order valence-electron chi connectivity index (χ2n) is 2.24. The van der Waals surface area contributed by atoms with Gasteiger partial charge in [-0.2, -0.15) is 0 Å². The van der Waals surface area contributed by atoms with E-state index in [1.54, 1.807) is 0 Å². The zero-order valence-corrected chi connectivity index (χ0v) is 7.30. The molecular weight excluding hydrogens is 167 g/mol. The molecule has 0 aromatic heterocycles. The molecule has 0 unspecified atom stereocenters. The normalized spacial score (nSPS) is 11.9. The Morgan fingerprint density at radius 1 is 1.27 bits per heavy atom. The van der Waals surface area contributed by atoms with E-state index in [4.69, 9.17) is 9.79 Å².